The summed E-state index contributed by atoms with van der Waals surface area (Å²) in [4.78, 5) is 13.8. The van der Waals surface area contributed by atoms with E-state index in [0.29, 0.717) is 6.04 Å². The number of fused-ring (bicyclic) bond motifs is 3. The fraction of sp³-hybridized carbons (Fsp3) is 0.462. The van der Waals surface area contributed by atoms with Crippen LogP contribution in [0.4, 0.5) is 11.4 Å². The second-order valence-corrected chi connectivity index (χ2v) is 4.66. The Morgan fingerprint density at radius 3 is 3.19 bits per heavy atom. The van der Waals surface area contributed by atoms with Gasteiger partial charge in [-0.15, -0.1) is 0 Å². The average Bonchev–Trinajstić information content (AvgIpc) is 2.76. The van der Waals surface area contributed by atoms with Gasteiger partial charge in [0.2, 0.25) is 0 Å². The molecule has 1 aromatic carbocycles. The molecule has 0 bridgehead atoms. The lowest BCUT2D eigenvalue weighted by molar-refractivity contribution is 0.101. The first-order valence-corrected chi connectivity index (χ1v) is 5.91. The molecule has 0 spiro atoms. The van der Waals surface area contributed by atoms with Gasteiger partial charge in [-0.2, -0.15) is 0 Å². The molecule has 1 N–H and O–H groups in total. The van der Waals surface area contributed by atoms with Crippen molar-refractivity contribution in [2.45, 2.75) is 25.8 Å². The molecule has 1 fully saturated rings. The lowest BCUT2D eigenvalue weighted by Crippen LogP contribution is -2.39. The van der Waals surface area contributed by atoms with E-state index < -0.39 is 0 Å². The summed E-state index contributed by atoms with van der Waals surface area (Å²) in [6, 6.07) is 6.64. The highest BCUT2D eigenvalue weighted by Crippen LogP contribution is 2.36. The first-order valence-electron chi connectivity index (χ1n) is 5.91. The Hall–Kier alpha value is -1.51. The van der Waals surface area contributed by atoms with Gasteiger partial charge in [0.15, 0.2) is 5.78 Å². The molecule has 2 heterocycles. The van der Waals surface area contributed by atoms with Crippen LogP contribution in [-0.2, 0) is 0 Å². The molecule has 84 valence electrons. The van der Waals surface area contributed by atoms with Crippen LogP contribution in [0.5, 0.6) is 0 Å². The van der Waals surface area contributed by atoms with Crippen LogP contribution in [0.1, 0.15) is 30.1 Å². The van der Waals surface area contributed by atoms with Gasteiger partial charge < -0.3 is 10.2 Å². The van der Waals surface area contributed by atoms with Gasteiger partial charge in [0.1, 0.15) is 0 Å². The Bertz CT molecular complexity index is 442. The molecular weight excluding hydrogens is 200 g/mol. The van der Waals surface area contributed by atoms with Crippen molar-refractivity contribution in [3.8, 4) is 0 Å². The van der Waals surface area contributed by atoms with Crippen molar-refractivity contribution >= 4 is 17.2 Å². The van der Waals surface area contributed by atoms with E-state index in [-0.39, 0.29) is 5.78 Å². The fourth-order valence-electron chi connectivity index (χ4n) is 2.74. The summed E-state index contributed by atoms with van der Waals surface area (Å²) in [5.41, 5.74) is 3.17. The third-order valence-electron chi connectivity index (χ3n) is 3.62. The quantitative estimate of drug-likeness (QED) is 0.731. The Labute approximate surface area is 95.4 Å². The number of anilines is 2. The number of Topliss-reactive ketones (excluding diaryl/α,β-unsaturated/α-hetero) is 1. The van der Waals surface area contributed by atoms with Crippen molar-refractivity contribution < 1.29 is 4.79 Å². The summed E-state index contributed by atoms with van der Waals surface area (Å²) < 4.78 is 0. The van der Waals surface area contributed by atoms with Gasteiger partial charge in [-0.1, -0.05) is 0 Å². The van der Waals surface area contributed by atoms with Crippen LogP contribution in [0, 0.1) is 0 Å². The van der Waals surface area contributed by atoms with Crippen molar-refractivity contribution in [3.05, 3.63) is 23.8 Å². The number of carbonyl (C=O) groups excluding carboxylic acids is 1. The van der Waals surface area contributed by atoms with Gasteiger partial charge in [0.05, 0.1) is 11.4 Å². The molecule has 3 rings (SSSR count). The molecule has 16 heavy (non-hydrogen) atoms. The third-order valence-corrected chi connectivity index (χ3v) is 3.62. The molecule has 3 heteroatoms. The number of ketones is 1. The molecule has 2 aliphatic rings. The Balaban J connectivity index is 2.02. The number of nitrogens with one attached hydrogen (secondary N) is 1. The summed E-state index contributed by atoms with van der Waals surface area (Å²) >= 11 is 0. The molecule has 0 unspecified atom stereocenters. The summed E-state index contributed by atoms with van der Waals surface area (Å²) in [7, 11) is 0. The Morgan fingerprint density at radius 1 is 1.50 bits per heavy atom. The average molecular weight is 216 g/mol. The summed E-state index contributed by atoms with van der Waals surface area (Å²) in [6.07, 6.45) is 2.56. The van der Waals surface area contributed by atoms with Gasteiger partial charge in [-0.05, 0) is 38.0 Å². The number of benzene rings is 1. The first kappa shape index (κ1) is 9.70. The van der Waals surface area contributed by atoms with E-state index in [1.165, 1.54) is 18.5 Å². The van der Waals surface area contributed by atoms with Crippen molar-refractivity contribution in [2.24, 2.45) is 0 Å². The smallest absolute Gasteiger partial charge is 0.159 e. The van der Waals surface area contributed by atoms with E-state index in [1.807, 2.05) is 12.1 Å². The third kappa shape index (κ3) is 1.39. The van der Waals surface area contributed by atoms with Crippen molar-refractivity contribution in [1.29, 1.82) is 0 Å². The number of hydrogen-bond acceptors (Lipinski definition) is 3. The normalized spacial score (nSPS) is 22.3. The number of hydrogen-bond donors (Lipinski definition) is 1. The topological polar surface area (TPSA) is 32.3 Å². The minimum absolute atomic E-state index is 0.133. The molecule has 2 aliphatic heterocycles. The maximum absolute atomic E-state index is 11.3. The zero-order valence-corrected chi connectivity index (χ0v) is 9.49. The maximum atomic E-state index is 11.3. The molecule has 0 aromatic heterocycles. The first-order chi connectivity index (χ1) is 7.75. The minimum atomic E-state index is 0.133. The Morgan fingerprint density at radius 2 is 2.38 bits per heavy atom. The molecule has 0 radical (unpaired) electrons. The van der Waals surface area contributed by atoms with Crippen molar-refractivity contribution in [2.75, 3.05) is 23.3 Å². The summed E-state index contributed by atoms with van der Waals surface area (Å²) in [6.45, 7) is 3.77. The molecule has 0 amide bonds. The zero-order chi connectivity index (χ0) is 11.1. The molecule has 3 nitrogen and oxygen atoms in total. The van der Waals surface area contributed by atoms with Gasteiger partial charge in [0, 0.05) is 24.7 Å². The Kier molecular flexibility index (Phi) is 2.13. The predicted octanol–water partition coefficient (Wildman–Crippen LogP) is 2.28. The van der Waals surface area contributed by atoms with Gasteiger partial charge in [0.25, 0.3) is 0 Å². The van der Waals surface area contributed by atoms with E-state index in [4.69, 9.17) is 0 Å². The van der Waals surface area contributed by atoms with E-state index in [2.05, 4.69) is 16.3 Å². The number of rotatable bonds is 1. The largest absolute Gasteiger partial charge is 0.381 e. The number of nitrogens with zero attached hydrogens (tertiary/aromatic N) is 1. The van der Waals surface area contributed by atoms with Gasteiger partial charge in [-0.25, -0.2) is 0 Å². The summed E-state index contributed by atoms with van der Waals surface area (Å²) in [5, 5.41) is 3.44. The monoisotopic (exact) mass is 216 g/mol. The van der Waals surface area contributed by atoms with E-state index in [1.54, 1.807) is 6.92 Å². The molecule has 1 aromatic rings. The van der Waals surface area contributed by atoms with Gasteiger partial charge in [-0.3, -0.25) is 4.79 Å². The van der Waals surface area contributed by atoms with Crippen molar-refractivity contribution in [3.63, 3.8) is 0 Å². The van der Waals surface area contributed by atoms with E-state index in [0.717, 1.165) is 24.3 Å². The van der Waals surface area contributed by atoms with E-state index >= 15 is 0 Å². The van der Waals surface area contributed by atoms with Crippen LogP contribution < -0.4 is 10.2 Å². The predicted molar refractivity (Wildman–Crippen MR) is 65.3 cm³/mol. The standard InChI is InChI=1S/C13H16N2O/c1-9(16)10-4-5-13-12(7-10)14-8-11-3-2-6-15(11)13/h4-5,7,11,14H,2-3,6,8H2,1H3/t11-/m0/s1. The molecule has 0 aliphatic carbocycles. The minimum Gasteiger partial charge on any atom is -0.381 e. The highest BCUT2D eigenvalue weighted by atomic mass is 16.1. The highest BCUT2D eigenvalue weighted by Gasteiger charge is 2.29. The molecule has 1 saturated heterocycles. The van der Waals surface area contributed by atoms with Crippen LogP contribution in [0.25, 0.3) is 0 Å². The number of carbonyl (C=O) groups is 1. The fourth-order valence-corrected chi connectivity index (χ4v) is 2.74. The molecule has 1 atom stereocenters. The molecule has 0 saturated carbocycles. The van der Waals surface area contributed by atoms with Crippen LogP contribution in [0.3, 0.4) is 0 Å². The zero-order valence-electron chi connectivity index (χ0n) is 9.49. The summed E-state index contributed by atoms with van der Waals surface area (Å²) in [5.74, 6) is 0.133. The SMILES string of the molecule is CC(=O)c1ccc2c(c1)NC[C@@H]1CCCN21. The van der Waals surface area contributed by atoms with Crippen LogP contribution in [0.2, 0.25) is 0 Å². The maximum Gasteiger partial charge on any atom is 0.159 e. The lowest BCUT2D eigenvalue weighted by atomic mass is 10.1. The second-order valence-electron chi connectivity index (χ2n) is 4.66. The van der Waals surface area contributed by atoms with Crippen LogP contribution >= 0.6 is 0 Å². The van der Waals surface area contributed by atoms with Crippen molar-refractivity contribution in [1.82, 2.24) is 0 Å². The lowest BCUT2D eigenvalue weighted by Gasteiger charge is -2.34. The second kappa shape index (κ2) is 3.51. The molecular formula is C13H16N2O. The van der Waals surface area contributed by atoms with E-state index in [9.17, 15) is 4.79 Å². The van der Waals surface area contributed by atoms with Gasteiger partial charge >= 0.3 is 0 Å². The highest BCUT2D eigenvalue weighted by molar-refractivity contribution is 5.96. The van der Waals surface area contributed by atoms with Crippen LogP contribution in [0.15, 0.2) is 18.2 Å². The van der Waals surface area contributed by atoms with Crippen LogP contribution in [-0.4, -0.2) is 24.9 Å².